The molecule has 0 bridgehead atoms. The highest BCUT2D eigenvalue weighted by Gasteiger charge is 2.30. The number of aromatic nitrogens is 1. The molecule has 1 aromatic heterocycles. The van der Waals surface area contributed by atoms with Crippen molar-refractivity contribution in [1.29, 1.82) is 0 Å². The van der Waals surface area contributed by atoms with Crippen LogP contribution >= 0.6 is 0 Å². The Morgan fingerprint density at radius 1 is 0.862 bits per heavy atom. The quantitative estimate of drug-likeness (QED) is 0.410. The molecule has 0 saturated carbocycles. The topological polar surface area (TPSA) is 44.5 Å². The highest BCUT2D eigenvalue weighted by Crippen LogP contribution is 2.39. The first-order chi connectivity index (χ1) is 13.9. The Labute approximate surface area is 164 Å². The van der Waals surface area contributed by atoms with E-state index in [-0.39, 0.29) is 0 Å². The van der Waals surface area contributed by atoms with Gasteiger partial charge in [-0.15, -0.1) is 0 Å². The van der Waals surface area contributed by atoms with Crippen LogP contribution in [-0.4, -0.2) is 19.2 Å². The molecule has 0 unspecified atom stereocenters. The van der Waals surface area contributed by atoms with Crippen LogP contribution in [0, 0.1) is 0 Å². The van der Waals surface area contributed by atoms with Crippen LogP contribution in [-0.2, 0) is 6.18 Å². The SMILES string of the molecule is COc1cccc(-c2nc3ccc(-c4ccc(C(F)(F)F)cc4)cc3o2)c1OC. The lowest BCUT2D eigenvalue weighted by Crippen LogP contribution is -2.03. The van der Waals surface area contributed by atoms with Crippen molar-refractivity contribution in [3.05, 3.63) is 66.2 Å². The van der Waals surface area contributed by atoms with Gasteiger partial charge in [0.05, 0.1) is 25.3 Å². The summed E-state index contributed by atoms with van der Waals surface area (Å²) in [7, 11) is 3.08. The van der Waals surface area contributed by atoms with Gasteiger partial charge in [0, 0.05) is 0 Å². The molecule has 0 aliphatic rings. The van der Waals surface area contributed by atoms with Gasteiger partial charge in [-0.1, -0.05) is 24.3 Å². The molecule has 4 rings (SSSR count). The number of hydrogen-bond donors (Lipinski definition) is 0. The maximum absolute atomic E-state index is 12.8. The third kappa shape index (κ3) is 3.51. The van der Waals surface area contributed by atoms with E-state index >= 15 is 0 Å². The van der Waals surface area contributed by atoms with E-state index in [4.69, 9.17) is 13.9 Å². The number of oxazole rings is 1. The summed E-state index contributed by atoms with van der Waals surface area (Å²) in [6.45, 7) is 0. The second-order valence-electron chi connectivity index (χ2n) is 6.32. The Hall–Kier alpha value is -3.48. The van der Waals surface area contributed by atoms with Gasteiger partial charge in [-0.3, -0.25) is 0 Å². The zero-order valence-corrected chi connectivity index (χ0v) is 15.6. The molecule has 0 saturated heterocycles. The smallest absolute Gasteiger partial charge is 0.416 e. The first-order valence-corrected chi connectivity index (χ1v) is 8.70. The average Bonchev–Trinajstić information content (AvgIpc) is 3.15. The number of nitrogens with zero attached hydrogens (tertiary/aromatic N) is 1. The van der Waals surface area contributed by atoms with Gasteiger partial charge >= 0.3 is 6.18 Å². The summed E-state index contributed by atoms with van der Waals surface area (Å²) in [6, 6.07) is 15.7. The third-order valence-electron chi connectivity index (χ3n) is 4.57. The highest BCUT2D eigenvalue weighted by atomic mass is 19.4. The number of halogens is 3. The van der Waals surface area contributed by atoms with E-state index in [1.807, 2.05) is 6.07 Å². The Morgan fingerprint density at radius 3 is 2.24 bits per heavy atom. The normalized spacial score (nSPS) is 11.6. The minimum Gasteiger partial charge on any atom is -0.493 e. The molecule has 0 aliphatic heterocycles. The number of fused-ring (bicyclic) bond motifs is 1. The standard InChI is InChI=1S/C22H16F3NO3/c1-27-18-5-3-4-16(20(18)28-2)21-26-17-11-8-14(12-19(17)29-21)13-6-9-15(10-7-13)22(23,24)25/h3-12H,1-2H3. The van der Waals surface area contributed by atoms with Crippen molar-refractivity contribution in [2.45, 2.75) is 6.18 Å². The molecule has 0 fully saturated rings. The van der Waals surface area contributed by atoms with Crippen molar-refractivity contribution >= 4 is 11.1 Å². The number of methoxy groups -OCH3 is 2. The number of benzene rings is 3. The number of para-hydroxylation sites is 1. The summed E-state index contributed by atoms with van der Waals surface area (Å²) in [5.74, 6) is 1.42. The summed E-state index contributed by atoms with van der Waals surface area (Å²) in [6.07, 6.45) is -4.36. The summed E-state index contributed by atoms with van der Waals surface area (Å²) >= 11 is 0. The van der Waals surface area contributed by atoms with Gasteiger partial charge in [0.25, 0.3) is 0 Å². The van der Waals surface area contributed by atoms with Gasteiger partial charge in [-0.2, -0.15) is 13.2 Å². The lowest BCUT2D eigenvalue weighted by atomic mass is 10.0. The van der Waals surface area contributed by atoms with Crippen LogP contribution in [0.3, 0.4) is 0 Å². The Balaban J connectivity index is 1.74. The Morgan fingerprint density at radius 2 is 1.59 bits per heavy atom. The number of rotatable bonds is 4. The van der Waals surface area contributed by atoms with Crippen LogP contribution in [0.25, 0.3) is 33.7 Å². The minimum absolute atomic E-state index is 0.361. The molecule has 1 heterocycles. The monoisotopic (exact) mass is 399 g/mol. The van der Waals surface area contributed by atoms with E-state index in [0.29, 0.717) is 39.6 Å². The lowest BCUT2D eigenvalue weighted by molar-refractivity contribution is -0.137. The fourth-order valence-electron chi connectivity index (χ4n) is 3.13. The highest BCUT2D eigenvalue weighted by molar-refractivity contribution is 5.83. The molecule has 7 heteroatoms. The fourth-order valence-corrected chi connectivity index (χ4v) is 3.13. The van der Waals surface area contributed by atoms with Gasteiger partial charge in [0.1, 0.15) is 5.52 Å². The largest absolute Gasteiger partial charge is 0.493 e. The molecule has 0 aliphatic carbocycles. The molecule has 29 heavy (non-hydrogen) atoms. The second-order valence-corrected chi connectivity index (χ2v) is 6.32. The van der Waals surface area contributed by atoms with Gasteiger partial charge in [0.2, 0.25) is 5.89 Å². The minimum atomic E-state index is -4.36. The maximum atomic E-state index is 12.8. The maximum Gasteiger partial charge on any atom is 0.416 e. The predicted octanol–water partition coefficient (Wildman–Crippen LogP) is 6.20. The van der Waals surface area contributed by atoms with Crippen molar-refractivity contribution in [2.75, 3.05) is 14.2 Å². The van der Waals surface area contributed by atoms with E-state index < -0.39 is 11.7 Å². The number of alkyl halides is 3. The van der Waals surface area contributed by atoms with Crippen LogP contribution in [0.2, 0.25) is 0 Å². The van der Waals surface area contributed by atoms with Crippen molar-refractivity contribution in [2.24, 2.45) is 0 Å². The van der Waals surface area contributed by atoms with Crippen LogP contribution < -0.4 is 9.47 Å². The van der Waals surface area contributed by atoms with Crippen LogP contribution in [0.1, 0.15) is 5.56 Å². The molecule has 4 nitrogen and oxygen atoms in total. The summed E-state index contributed by atoms with van der Waals surface area (Å²) < 4.78 is 55.0. The average molecular weight is 399 g/mol. The van der Waals surface area contributed by atoms with E-state index in [1.165, 1.54) is 19.2 Å². The summed E-state index contributed by atoms with van der Waals surface area (Å²) in [5, 5.41) is 0. The van der Waals surface area contributed by atoms with Gasteiger partial charge in [0.15, 0.2) is 17.1 Å². The van der Waals surface area contributed by atoms with Crippen LogP contribution in [0.15, 0.2) is 65.1 Å². The molecule has 3 aromatic carbocycles. The second kappa shape index (κ2) is 7.16. The zero-order valence-electron chi connectivity index (χ0n) is 15.6. The summed E-state index contributed by atoms with van der Waals surface area (Å²) in [4.78, 5) is 4.50. The van der Waals surface area contributed by atoms with Crippen molar-refractivity contribution in [3.63, 3.8) is 0 Å². The first kappa shape index (κ1) is 18.9. The van der Waals surface area contributed by atoms with E-state index in [2.05, 4.69) is 4.98 Å². The van der Waals surface area contributed by atoms with E-state index in [0.717, 1.165) is 17.7 Å². The van der Waals surface area contributed by atoms with Gasteiger partial charge < -0.3 is 13.9 Å². The molecule has 4 aromatic rings. The molecule has 148 valence electrons. The molecule has 0 atom stereocenters. The summed E-state index contributed by atoms with van der Waals surface area (Å²) in [5.41, 5.74) is 2.47. The lowest BCUT2D eigenvalue weighted by Gasteiger charge is -2.09. The predicted molar refractivity (Wildman–Crippen MR) is 103 cm³/mol. The molecular formula is C22H16F3NO3. The van der Waals surface area contributed by atoms with E-state index in [9.17, 15) is 13.2 Å². The van der Waals surface area contributed by atoms with Crippen molar-refractivity contribution in [1.82, 2.24) is 4.98 Å². The number of hydrogen-bond acceptors (Lipinski definition) is 4. The molecular weight excluding hydrogens is 383 g/mol. The Kier molecular flexibility index (Phi) is 4.66. The molecule has 0 amide bonds. The molecule has 0 N–H and O–H groups in total. The Bertz CT molecular complexity index is 1160. The van der Waals surface area contributed by atoms with Crippen LogP contribution in [0.4, 0.5) is 13.2 Å². The third-order valence-corrected chi connectivity index (χ3v) is 4.57. The van der Waals surface area contributed by atoms with Gasteiger partial charge in [-0.25, -0.2) is 4.98 Å². The van der Waals surface area contributed by atoms with Crippen molar-refractivity contribution in [3.8, 4) is 34.1 Å². The molecule has 0 radical (unpaired) electrons. The first-order valence-electron chi connectivity index (χ1n) is 8.70. The van der Waals surface area contributed by atoms with Crippen LogP contribution in [0.5, 0.6) is 11.5 Å². The molecule has 0 spiro atoms. The van der Waals surface area contributed by atoms with E-state index in [1.54, 1.807) is 37.4 Å². The van der Waals surface area contributed by atoms with Crippen molar-refractivity contribution < 1.29 is 27.1 Å². The zero-order chi connectivity index (χ0) is 20.6. The van der Waals surface area contributed by atoms with Gasteiger partial charge in [-0.05, 0) is 47.5 Å². The number of ether oxygens (including phenoxy) is 2. The fraction of sp³-hybridized carbons (Fsp3) is 0.136.